The van der Waals surface area contributed by atoms with Gasteiger partial charge in [0.25, 0.3) is 0 Å². The lowest BCUT2D eigenvalue weighted by Crippen LogP contribution is -2.32. The number of benzene rings is 4. The first-order chi connectivity index (χ1) is 14.5. The van der Waals surface area contributed by atoms with Gasteiger partial charge in [-0.15, -0.1) is 0 Å². The quantitative estimate of drug-likeness (QED) is 0.196. The molecular weight excluding hydrogens is 421 g/mol. The summed E-state index contributed by atoms with van der Waals surface area (Å²) in [4.78, 5) is 24.3. The first kappa shape index (κ1) is 19.9. The van der Waals surface area contributed by atoms with E-state index in [1.54, 1.807) is 24.4 Å². The third-order valence-electron chi connectivity index (χ3n) is 4.58. The van der Waals surface area contributed by atoms with E-state index in [2.05, 4.69) is 21.9 Å². The maximum absolute atomic E-state index is 12.1. The first-order valence-corrected chi connectivity index (χ1v) is 9.79. The van der Waals surface area contributed by atoms with Gasteiger partial charge in [0.15, 0.2) is 0 Å². The SMILES string of the molecule is O=C(N/N=C\c1c2ccccc2cc2ccccc12)C(=O)Nc1cccc(Cl)c1Cl. The highest BCUT2D eigenvalue weighted by Gasteiger charge is 2.15. The summed E-state index contributed by atoms with van der Waals surface area (Å²) in [6, 6.07) is 22.6. The molecule has 0 bridgehead atoms. The van der Waals surface area contributed by atoms with Crippen molar-refractivity contribution in [1.82, 2.24) is 5.43 Å². The summed E-state index contributed by atoms with van der Waals surface area (Å²) in [5, 5.41) is 10.9. The Morgan fingerprint density at radius 3 is 2.10 bits per heavy atom. The van der Waals surface area contributed by atoms with E-state index in [1.165, 1.54) is 0 Å². The summed E-state index contributed by atoms with van der Waals surface area (Å²) in [5.74, 6) is -1.83. The molecule has 5 nitrogen and oxygen atoms in total. The van der Waals surface area contributed by atoms with Crippen LogP contribution in [0.15, 0.2) is 77.9 Å². The smallest absolute Gasteiger partial charge is 0.316 e. The standard InChI is InChI=1S/C23H15Cl2N3O2/c24-19-10-5-11-20(21(19)25)27-22(29)23(30)28-26-13-18-16-8-3-1-6-14(16)12-15-7-2-4-9-17(15)18/h1-13H,(H,27,29)(H,28,30)/b26-13-. The Morgan fingerprint density at radius 1 is 0.800 bits per heavy atom. The third kappa shape index (κ3) is 3.99. The average Bonchev–Trinajstić information content (AvgIpc) is 2.76. The molecule has 7 heteroatoms. The third-order valence-corrected chi connectivity index (χ3v) is 5.40. The molecule has 4 aromatic carbocycles. The van der Waals surface area contributed by atoms with Gasteiger partial charge < -0.3 is 5.32 Å². The van der Waals surface area contributed by atoms with E-state index >= 15 is 0 Å². The summed E-state index contributed by atoms with van der Waals surface area (Å²) >= 11 is 11.9. The molecule has 2 amide bonds. The normalized spacial score (nSPS) is 11.1. The van der Waals surface area contributed by atoms with Crippen molar-refractivity contribution in [3.63, 3.8) is 0 Å². The zero-order valence-corrected chi connectivity index (χ0v) is 17.0. The van der Waals surface area contributed by atoms with Gasteiger partial charge in [0, 0.05) is 5.56 Å². The van der Waals surface area contributed by atoms with Crippen LogP contribution in [0.5, 0.6) is 0 Å². The van der Waals surface area contributed by atoms with E-state index in [9.17, 15) is 9.59 Å². The number of carbonyl (C=O) groups is 2. The van der Waals surface area contributed by atoms with Gasteiger partial charge in [-0.05, 0) is 39.7 Å². The van der Waals surface area contributed by atoms with Crippen LogP contribution in [0.4, 0.5) is 5.69 Å². The molecule has 4 rings (SSSR count). The fraction of sp³-hybridized carbons (Fsp3) is 0. The van der Waals surface area contributed by atoms with Crippen molar-refractivity contribution in [3.05, 3.63) is 88.4 Å². The molecule has 0 aliphatic heterocycles. The van der Waals surface area contributed by atoms with Crippen LogP contribution in [-0.2, 0) is 9.59 Å². The molecule has 30 heavy (non-hydrogen) atoms. The molecule has 148 valence electrons. The number of hydrogen-bond donors (Lipinski definition) is 2. The Kier molecular flexibility index (Phi) is 5.65. The molecule has 0 aromatic heterocycles. The highest BCUT2D eigenvalue weighted by Crippen LogP contribution is 2.29. The molecule has 0 radical (unpaired) electrons. The van der Waals surface area contributed by atoms with Gasteiger partial charge in [-0.1, -0.05) is 77.8 Å². The van der Waals surface area contributed by atoms with E-state index in [0.717, 1.165) is 27.1 Å². The summed E-state index contributed by atoms with van der Waals surface area (Å²) in [7, 11) is 0. The Hall–Kier alpha value is -3.41. The number of carbonyl (C=O) groups excluding carboxylic acids is 2. The minimum absolute atomic E-state index is 0.158. The molecule has 0 saturated heterocycles. The number of hydrogen-bond acceptors (Lipinski definition) is 3. The van der Waals surface area contributed by atoms with Crippen LogP contribution in [0.2, 0.25) is 10.0 Å². The zero-order valence-electron chi connectivity index (χ0n) is 15.5. The van der Waals surface area contributed by atoms with Gasteiger partial charge in [-0.3, -0.25) is 9.59 Å². The molecule has 0 unspecified atom stereocenters. The second-order valence-corrected chi connectivity index (χ2v) is 7.27. The average molecular weight is 436 g/mol. The van der Waals surface area contributed by atoms with Gasteiger partial charge in [0.1, 0.15) is 0 Å². The molecule has 0 atom stereocenters. The number of fused-ring (bicyclic) bond motifs is 2. The molecule has 2 N–H and O–H groups in total. The second kappa shape index (κ2) is 8.53. The van der Waals surface area contributed by atoms with Crippen LogP contribution >= 0.6 is 23.2 Å². The number of halogens is 2. The largest absolute Gasteiger partial charge is 0.329 e. The van der Waals surface area contributed by atoms with E-state index < -0.39 is 11.8 Å². The fourth-order valence-electron chi connectivity index (χ4n) is 3.17. The fourth-order valence-corrected chi connectivity index (χ4v) is 3.52. The highest BCUT2D eigenvalue weighted by molar-refractivity contribution is 6.45. The van der Waals surface area contributed by atoms with Crippen molar-refractivity contribution in [2.45, 2.75) is 0 Å². The minimum atomic E-state index is -0.924. The van der Waals surface area contributed by atoms with E-state index in [1.807, 2.05) is 48.5 Å². The van der Waals surface area contributed by atoms with Crippen LogP contribution < -0.4 is 10.7 Å². The number of amides is 2. The first-order valence-electron chi connectivity index (χ1n) is 9.03. The van der Waals surface area contributed by atoms with Gasteiger partial charge in [0.05, 0.1) is 21.9 Å². The van der Waals surface area contributed by atoms with Crippen LogP contribution in [0.25, 0.3) is 21.5 Å². The maximum Gasteiger partial charge on any atom is 0.329 e. The minimum Gasteiger partial charge on any atom is -0.316 e. The van der Waals surface area contributed by atoms with Crippen molar-refractivity contribution in [2.75, 3.05) is 5.32 Å². The summed E-state index contributed by atoms with van der Waals surface area (Å²) in [6.45, 7) is 0. The monoisotopic (exact) mass is 435 g/mol. The van der Waals surface area contributed by atoms with Crippen LogP contribution in [0.1, 0.15) is 5.56 Å². The molecule has 0 spiro atoms. The van der Waals surface area contributed by atoms with E-state index in [4.69, 9.17) is 23.2 Å². The summed E-state index contributed by atoms with van der Waals surface area (Å²) in [6.07, 6.45) is 1.54. The lowest BCUT2D eigenvalue weighted by Gasteiger charge is -2.08. The van der Waals surface area contributed by atoms with Crippen molar-refractivity contribution < 1.29 is 9.59 Å². The number of hydrazone groups is 1. The molecule has 0 saturated carbocycles. The van der Waals surface area contributed by atoms with Gasteiger partial charge in [-0.2, -0.15) is 5.10 Å². The van der Waals surface area contributed by atoms with Crippen molar-refractivity contribution >= 4 is 68.5 Å². The number of nitrogens with zero attached hydrogens (tertiary/aromatic N) is 1. The summed E-state index contributed by atoms with van der Waals surface area (Å²) in [5.41, 5.74) is 3.35. The second-order valence-electron chi connectivity index (χ2n) is 6.49. The molecule has 0 aliphatic rings. The topological polar surface area (TPSA) is 70.6 Å². The molecule has 4 aromatic rings. The maximum atomic E-state index is 12.1. The number of anilines is 1. The number of rotatable bonds is 3. The lowest BCUT2D eigenvalue weighted by molar-refractivity contribution is -0.136. The van der Waals surface area contributed by atoms with Crippen molar-refractivity contribution in [1.29, 1.82) is 0 Å². The summed E-state index contributed by atoms with van der Waals surface area (Å²) < 4.78 is 0. The van der Waals surface area contributed by atoms with Crippen LogP contribution in [0, 0.1) is 0 Å². The lowest BCUT2D eigenvalue weighted by atomic mass is 9.97. The Morgan fingerprint density at radius 2 is 1.43 bits per heavy atom. The van der Waals surface area contributed by atoms with Crippen LogP contribution in [-0.4, -0.2) is 18.0 Å². The highest BCUT2D eigenvalue weighted by atomic mass is 35.5. The number of nitrogens with one attached hydrogen (secondary N) is 2. The molecule has 0 fully saturated rings. The molecular formula is C23H15Cl2N3O2. The predicted molar refractivity (Wildman–Crippen MR) is 122 cm³/mol. The van der Waals surface area contributed by atoms with Gasteiger partial charge in [0.2, 0.25) is 0 Å². The van der Waals surface area contributed by atoms with E-state index in [-0.39, 0.29) is 15.7 Å². The Bertz CT molecular complexity index is 1260. The van der Waals surface area contributed by atoms with Crippen molar-refractivity contribution in [3.8, 4) is 0 Å². The van der Waals surface area contributed by atoms with Crippen molar-refractivity contribution in [2.24, 2.45) is 5.10 Å². The molecule has 0 heterocycles. The zero-order chi connectivity index (χ0) is 21.1. The predicted octanol–water partition coefficient (Wildman–Crippen LogP) is 5.39. The van der Waals surface area contributed by atoms with E-state index in [0.29, 0.717) is 0 Å². The Labute approximate surface area is 182 Å². The van der Waals surface area contributed by atoms with Gasteiger partial charge >= 0.3 is 11.8 Å². The molecule has 0 aliphatic carbocycles. The Balaban J connectivity index is 1.56. The van der Waals surface area contributed by atoms with Gasteiger partial charge in [-0.25, -0.2) is 5.43 Å². The van der Waals surface area contributed by atoms with Crippen LogP contribution in [0.3, 0.4) is 0 Å².